The molecule has 0 radical (unpaired) electrons. The minimum absolute atomic E-state index is 0.232. The van der Waals surface area contributed by atoms with Gasteiger partial charge in [0.25, 0.3) is 5.91 Å². The van der Waals surface area contributed by atoms with Gasteiger partial charge in [-0.2, -0.15) is 0 Å². The van der Waals surface area contributed by atoms with Gasteiger partial charge < -0.3 is 10.5 Å². The summed E-state index contributed by atoms with van der Waals surface area (Å²) in [5.41, 5.74) is 6.33. The first kappa shape index (κ1) is 11.6. The zero-order valence-corrected chi connectivity index (χ0v) is 9.31. The summed E-state index contributed by atoms with van der Waals surface area (Å²) < 4.78 is 4.96. The van der Waals surface area contributed by atoms with E-state index in [2.05, 4.69) is 5.32 Å². The Bertz CT molecular complexity index is 441. The third-order valence-electron chi connectivity index (χ3n) is 2.64. The number of hydrogen-bond donors (Lipinski definition) is 2. The highest BCUT2D eigenvalue weighted by molar-refractivity contribution is 6.07. The molecule has 2 rings (SSSR count). The van der Waals surface area contributed by atoms with Crippen LogP contribution in [0, 0.1) is 5.92 Å². The molecular formula is C12H14N2O3. The van der Waals surface area contributed by atoms with Crippen molar-refractivity contribution in [1.82, 2.24) is 5.32 Å². The van der Waals surface area contributed by atoms with Crippen LogP contribution in [-0.2, 0) is 9.53 Å². The summed E-state index contributed by atoms with van der Waals surface area (Å²) in [5.74, 6) is -0.504. The van der Waals surface area contributed by atoms with E-state index in [0.717, 1.165) is 0 Å². The second-order valence-corrected chi connectivity index (χ2v) is 4.07. The Balaban J connectivity index is 1.92. The van der Waals surface area contributed by atoms with Crippen molar-refractivity contribution < 1.29 is 14.3 Å². The van der Waals surface area contributed by atoms with Crippen LogP contribution in [0.1, 0.15) is 16.8 Å². The van der Waals surface area contributed by atoms with E-state index in [4.69, 9.17) is 10.5 Å². The summed E-state index contributed by atoms with van der Waals surface area (Å²) in [7, 11) is 0. The number of para-hydroxylation sites is 1. The van der Waals surface area contributed by atoms with Crippen LogP contribution in [0.4, 0.5) is 5.69 Å². The molecule has 1 aromatic rings. The molecule has 2 amide bonds. The maximum Gasteiger partial charge on any atom is 0.259 e. The minimum Gasteiger partial charge on any atom is -0.398 e. The third kappa shape index (κ3) is 2.82. The number of anilines is 1. The van der Waals surface area contributed by atoms with E-state index in [9.17, 15) is 9.59 Å². The molecule has 0 bridgehead atoms. The van der Waals surface area contributed by atoms with Crippen molar-refractivity contribution in [3.05, 3.63) is 29.8 Å². The summed E-state index contributed by atoms with van der Waals surface area (Å²) in [6.07, 6.45) is 0.318. The molecule has 17 heavy (non-hydrogen) atoms. The SMILES string of the molecule is Nc1ccccc1C(=O)NC(=O)CC1COC1. The van der Waals surface area contributed by atoms with Crippen molar-refractivity contribution in [3.63, 3.8) is 0 Å². The Hall–Kier alpha value is -1.88. The third-order valence-corrected chi connectivity index (χ3v) is 2.64. The average molecular weight is 234 g/mol. The minimum atomic E-state index is -0.451. The van der Waals surface area contributed by atoms with Crippen LogP contribution < -0.4 is 11.1 Å². The smallest absolute Gasteiger partial charge is 0.259 e. The van der Waals surface area contributed by atoms with E-state index in [1.165, 1.54) is 0 Å². The van der Waals surface area contributed by atoms with E-state index in [1.807, 2.05) is 0 Å². The van der Waals surface area contributed by atoms with Crippen LogP contribution >= 0.6 is 0 Å². The van der Waals surface area contributed by atoms with E-state index in [1.54, 1.807) is 24.3 Å². The number of benzene rings is 1. The first-order chi connectivity index (χ1) is 8.16. The number of carbonyl (C=O) groups is 2. The standard InChI is InChI=1S/C12H14N2O3/c13-10-4-2-1-3-9(10)12(16)14-11(15)5-8-6-17-7-8/h1-4,8H,5-7,13H2,(H,14,15,16). The largest absolute Gasteiger partial charge is 0.398 e. The van der Waals surface area contributed by atoms with Gasteiger partial charge in [-0.25, -0.2) is 0 Å². The Labute approximate surface area is 98.9 Å². The maximum atomic E-state index is 11.7. The van der Waals surface area contributed by atoms with Crippen LogP contribution in [0.2, 0.25) is 0 Å². The van der Waals surface area contributed by atoms with Gasteiger partial charge in [-0.05, 0) is 12.1 Å². The number of nitrogens with two attached hydrogens (primary N) is 1. The zero-order chi connectivity index (χ0) is 12.3. The van der Waals surface area contributed by atoms with Gasteiger partial charge in [-0.3, -0.25) is 14.9 Å². The Kier molecular flexibility index (Phi) is 3.39. The fraction of sp³-hybridized carbons (Fsp3) is 0.333. The monoisotopic (exact) mass is 234 g/mol. The molecule has 0 saturated carbocycles. The molecule has 0 unspecified atom stereocenters. The van der Waals surface area contributed by atoms with Gasteiger partial charge in [0.05, 0.1) is 18.8 Å². The van der Waals surface area contributed by atoms with E-state index < -0.39 is 5.91 Å². The molecule has 0 spiro atoms. The molecule has 3 N–H and O–H groups in total. The highest BCUT2D eigenvalue weighted by Gasteiger charge is 2.23. The second-order valence-electron chi connectivity index (χ2n) is 4.07. The van der Waals surface area contributed by atoms with Crippen molar-refractivity contribution in [3.8, 4) is 0 Å². The van der Waals surface area contributed by atoms with Gasteiger partial charge in [0.2, 0.25) is 5.91 Å². The van der Waals surface area contributed by atoms with Crippen molar-refractivity contribution in [1.29, 1.82) is 0 Å². The molecule has 1 heterocycles. The Morgan fingerprint density at radius 2 is 2.06 bits per heavy atom. The molecule has 0 aromatic heterocycles. The lowest BCUT2D eigenvalue weighted by Crippen LogP contribution is -2.37. The predicted octanol–water partition coefficient (Wildman–Crippen LogP) is 0.562. The summed E-state index contributed by atoms with van der Waals surface area (Å²) in [6, 6.07) is 6.65. The maximum absolute atomic E-state index is 11.7. The van der Waals surface area contributed by atoms with Crippen LogP contribution in [-0.4, -0.2) is 25.0 Å². The summed E-state index contributed by atoms with van der Waals surface area (Å²) in [6.45, 7) is 1.18. The van der Waals surface area contributed by atoms with Crippen molar-refractivity contribution in [2.75, 3.05) is 18.9 Å². The van der Waals surface area contributed by atoms with Crippen molar-refractivity contribution >= 4 is 17.5 Å². The zero-order valence-electron chi connectivity index (χ0n) is 9.31. The van der Waals surface area contributed by atoms with Crippen molar-refractivity contribution in [2.24, 2.45) is 5.92 Å². The van der Waals surface area contributed by atoms with Crippen LogP contribution in [0.15, 0.2) is 24.3 Å². The molecule has 5 nitrogen and oxygen atoms in total. The topological polar surface area (TPSA) is 81.4 Å². The fourth-order valence-corrected chi connectivity index (χ4v) is 1.61. The van der Waals surface area contributed by atoms with Gasteiger partial charge in [0.15, 0.2) is 0 Å². The highest BCUT2D eigenvalue weighted by Crippen LogP contribution is 2.14. The molecule has 1 saturated heterocycles. The molecule has 1 aromatic carbocycles. The number of carbonyl (C=O) groups excluding carboxylic acids is 2. The van der Waals surface area contributed by atoms with E-state index in [0.29, 0.717) is 30.9 Å². The average Bonchev–Trinajstić information content (AvgIpc) is 2.24. The quantitative estimate of drug-likeness (QED) is 0.749. The van der Waals surface area contributed by atoms with Gasteiger partial charge in [0.1, 0.15) is 0 Å². The summed E-state index contributed by atoms with van der Waals surface area (Å²) in [5, 5.41) is 2.32. The molecular weight excluding hydrogens is 220 g/mol. The molecule has 1 fully saturated rings. The van der Waals surface area contributed by atoms with Gasteiger partial charge in [0, 0.05) is 18.0 Å². The lowest BCUT2D eigenvalue weighted by atomic mass is 10.0. The second kappa shape index (κ2) is 4.97. The first-order valence-corrected chi connectivity index (χ1v) is 5.43. The Morgan fingerprint density at radius 3 is 2.65 bits per heavy atom. The molecule has 0 atom stereocenters. The van der Waals surface area contributed by atoms with E-state index >= 15 is 0 Å². The molecule has 5 heteroatoms. The number of ether oxygens (including phenoxy) is 1. The van der Waals surface area contributed by atoms with E-state index in [-0.39, 0.29) is 11.8 Å². The van der Waals surface area contributed by atoms with Crippen LogP contribution in [0.5, 0.6) is 0 Å². The fourth-order valence-electron chi connectivity index (χ4n) is 1.61. The lowest BCUT2D eigenvalue weighted by Gasteiger charge is -2.24. The predicted molar refractivity (Wildman–Crippen MR) is 62.3 cm³/mol. The lowest BCUT2D eigenvalue weighted by molar-refractivity contribution is -0.125. The van der Waals surface area contributed by atoms with Gasteiger partial charge >= 0.3 is 0 Å². The van der Waals surface area contributed by atoms with Crippen LogP contribution in [0.3, 0.4) is 0 Å². The molecule has 1 aliphatic heterocycles. The van der Waals surface area contributed by atoms with Crippen LogP contribution in [0.25, 0.3) is 0 Å². The number of rotatable bonds is 3. The van der Waals surface area contributed by atoms with Gasteiger partial charge in [-0.1, -0.05) is 12.1 Å². The highest BCUT2D eigenvalue weighted by atomic mass is 16.5. The summed E-state index contributed by atoms with van der Waals surface area (Å²) >= 11 is 0. The number of nitrogens with one attached hydrogen (secondary N) is 1. The number of imide groups is 1. The Morgan fingerprint density at radius 1 is 1.35 bits per heavy atom. The first-order valence-electron chi connectivity index (χ1n) is 5.43. The van der Waals surface area contributed by atoms with Gasteiger partial charge in [-0.15, -0.1) is 0 Å². The van der Waals surface area contributed by atoms with Crippen molar-refractivity contribution in [2.45, 2.75) is 6.42 Å². The summed E-state index contributed by atoms with van der Waals surface area (Å²) in [4.78, 5) is 23.2. The molecule has 1 aliphatic rings. The molecule has 90 valence electrons. The normalized spacial score (nSPS) is 15.1. The number of amides is 2. The molecule has 0 aliphatic carbocycles. The number of nitrogen functional groups attached to an aromatic ring is 1. The number of hydrogen-bond acceptors (Lipinski definition) is 4.